The normalized spacial score (nSPS) is 12.8. The van der Waals surface area contributed by atoms with E-state index in [-0.39, 0.29) is 0 Å². The summed E-state index contributed by atoms with van der Waals surface area (Å²) in [6.07, 6.45) is 3.83. The molecule has 0 amide bonds. The van der Waals surface area contributed by atoms with Gasteiger partial charge in [-0.2, -0.15) is 0 Å². The fourth-order valence-electron chi connectivity index (χ4n) is 2.45. The summed E-state index contributed by atoms with van der Waals surface area (Å²) < 4.78 is 0. The van der Waals surface area contributed by atoms with E-state index < -0.39 is 0 Å². The van der Waals surface area contributed by atoms with Gasteiger partial charge in [-0.05, 0) is 54.7 Å². The molecular formula is C17H17NS2. The fourth-order valence-corrected chi connectivity index (χ4v) is 4.34. The average molecular weight is 299 g/mol. The van der Waals surface area contributed by atoms with Gasteiger partial charge in [-0.1, -0.05) is 17.9 Å². The average Bonchev–Trinajstić information content (AvgIpc) is 3.11. The lowest BCUT2D eigenvalue weighted by atomic mass is 10.1. The van der Waals surface area contributed by atoms with Gasteiger partial charge in [0.05, 0.1) is 11.4 Å². The molecule has 2 N–H and O–H groups in total. The van der Waals surface area contributed by atoms with Crippen LogP contribution in [0.15, 0.2) is 35.2 Å². The van der Waals surface area contributed by atoms with E-state index in [2.05, 4.69) is 42.2 Å². The monoisotopic (exact) mass is 299 g/mol. The topological polar surface area (TPSA) is 26.0 Å². The SMILES string of the molecule is NCC#Cc1ccc(CSc2ccc3c(c2)CCC3)s1. The molecule has 0 atom stereocenters. The predicted molar refractivity (Wildman–Crippen MR) is 88.3 cm³/mol. The summed E-state index contributed by atoms with van der Waals surface area (Å²) in [5, 5.41) is 0. The van der Waals surface area contributed by atoms with E-state index in [0.29, 0.717) is 6.54 Å². The Morgan fingerprint density at radius 3 is 2.95 bits per heavy atom. The first-order valence-corrected chi connectivity index (χ1v) is 8.67. The summed E-state index contributed by atoms with van der Waals surface area (Å²) >= 11 is 3.68. The lowest BCUT2D eigenvalue weighted by Crippen LogP contribution is -1.92. The van der Waals surface area contributed by atoms with Crippen LogP contribution >= 0.6 is 23.1 Å². The molecular weight excluding hydrogens is 282 g/mol. The predicted octanol–water partition coefficient (Wildman–Crippen LogP) is 3.84. The van der Waals surface area contributed by atoms with Crippen LogP contribution < -0.4 is 5.73 Å². The van der Waals surface area contributed by atoms with Crippen molar-refractivity contribution in [3.8, 4) is 11.8 Å². The maximum Gasteiger partial charge on any atom is 0.0772 e. The first-order chi connectivity index (χ1) is 9.85. The Labute approximate surface area is 128 Å². The minimum absolute atomic E-state index is 0.428. The van der Waals surface area contributed by atoms with Gasteiger partial charge in [-0.25, -0.2) is 0 Å². The molecule has 1 aliphatic rings. The molecule has 2 aromatic rings. The van der Waals surface area contributed by atoms with Gasteiger partial charge in [-0.3, -0.25) is 0 Å². The second-order valence-electron chi connectivity index (χ2n) is 4.84. The third-order valence-corrected chi connectivity index (χ3v) is 5.65. The van der Waals surface area contributed by atoms with Crippen LogP contribution in [-0.4, -0.2) is 6.54 Å². The number of thiophene rings is 1. The zero-order valence-corrected chi connectivity index (χ0v) is 12.9. The van der Waals surface area contributed by atoms with Crippen LogP contribution in [-0.2, 0) is 18.6 Å². The number of rotatable bonds is 3. The van der Waals surface area contributed by atoms with Crippen molar-refractivity contribution in [3.05, 3.63) is 51.2 Å². The molecule has 0 saturated carbocycles. The van der Waals surface area contributed by atoms with Gasteiger partial charge in [0.1, 0.15) is 0 Å². The molecule has 1 aromatic carbocycles. The molecule has 102 valence electrons. The molecule has 0 saturated heterocycles. The number of nitrogens with two attached hydrogens (primary N) is 1. The molecule has 1 nitrogen and oxygen atoms in total. The highest BCUT2D eigenvalue weighted by Crippen LogP contribution is 2.30. The Balaban J connectivity index is 1.63. The maximum atomic E-state index is 5.39. The highest BCUT2D eigenvalue weighted by atomic mass is 32.2. The Morgan fingerprint density at radius 1 is 1.15 bits per heavy atom. The van der Waals surface area contributed by atoms with E-state index in [1.807, 2.05) is 11.8 Å². The Kier molecular flexibility index (Phi) is 4.47. The molecule has 0 fully saturated rings. The zero-order chi connectivity index (χ0) is 13.8. The molecule has 1 aromatic heterocycles. The zero-order valence-electron chi connectivity index (χ0n) is 11.3. The smallest absolute Gasteiger partial charge is 0.0772 e. The quantitative estimate of drug-likeness (QED) is 0.688. The van der Waals surface area contributed by atoms with E-state index in [1.54, 1.807) is 22.5 Å². The fraction of sp³-hybridized carbons (Fsp3) is 0.294. The largest absolute Gasteiger partial charge is 0.320 e. The van der Waals surface area contributed by atoms with Crippen LogP contribution in [0.2, 0.25) is 0 Å². The van der Waals surface area contributed by atoms with Crippen LogP contribution in [0, 0.1) is 11.8 Å². The van der Waals surface area contributed by atoms with Gasteiger partial charge in [0.2, 0.25) is 0 Å². The van der Waals surface area contributed by atoms with Crippen LogP contribution in [0.3, 0.4) is 0 Å². The molecule has 0 radical (unpaired) electrons. The molecule has 3 heteroatoms. The van der Waals surface area contributed by atoms with Crippen molar-refractivity contribution >= 4 is 23.1 Å². The summed E-state index contributed by atoms with van der Waals surface area (Å²) in [6.45, 7) is 0.428. The number of aryl methyl sites for hydroxylation is 2. The van der Waals surface area contributed by atoms with Crippen molar-refractivity contribution in [1.82, 2.24) is 0 Å². The summed E-state index contributed by atoms with van der Waals surface area (Å²) in [6, 6.07) is 11.2. The highest BCUT2D eigenvalue weighted by molar-refractivity contribution is 7.98. The van der Waals surface area contributed by atoms with Crippen molar-refractivity contribution < 1.29 is 0 Å². The van der Waals surface area contributed by atoms with Gasteiger partial charge in [0.15, 0.2) is 0 Å². The Hall–Kier alpha value is -1.21. The first kappa shape index (κ1) is 13.8. The summed E-state index contributed by atoms with van der Waals surface area (Å²) in [5.41, 5.74) is 8.49. The molecule has 3 rings (SSSR count). The number of benzene rings is 1. The summed E-state index contributed by atoms with van der Waals surface area (Å²) in [7, 11) is 0. The lowest BCUT2D eigenvalue weighted by Gasteiger charge is -2.03. The van der Waals surface area contributed by atoms with Crippen molar-refractivity contribution in [2.75, 3.05) is 6.54 Å². The van der Waals surface area contributed by atoms with Crippen LogP contribution in [0.25, 0.3) is 0 Å². The van der Waals surface area contributed by atoms with Crippen LogP contribution in [0.1, 0.15) is 27.3 Å². The standard InChI is InChI=1S/C17H17NS2/c18-10-2-5-15-8-9-17(20-15)12-19-16-7-6-13-3-1-4-14(13)11-16/h6-9,11H,1,3-4,10,12,18H2. The minimum atomic E-state index is 0.428. The number of thioether (sulfide) groups is 1. The van der Waals surface area contributed by atoms with E-state index >= 15 is 0 Å². The maximum absolute atomic E-state index is 5.39. The minimum Gasteiger partial charge on any atom is -0.320 e. The van der Waals surface area contributed by atoms with E-state index in [9.17, 15) is 0 Å². The molecule has 0 unspecified atom stereocenters. The second kappa shape index (κ2) is 6.49. The van der Waals surface area contributed by atoms with E-state index in [1.165, 1.54) is 29.0 Å². The van der Waals surface area contributed by atoms with Gasteiger partial charge >= 0.3 is 0 Å². The molecule has 1 aliphatic carbocycles. The lowest BCUT2D eigenvalue weighted by molar-refractivity contribution is 0.911. The van der Waals surface area contributed by atoms with Gasteiger partial charge in [-0.15, -0.1) is 23.1 Å². The van der Waals surface area contributed by atoms with Crippen LogP contribution in [0.4, 0.5) is 0 Å². The third kappa shape index (κ3) is 3.27. The molecule has 1 heterocycles. The van der Waals surface area contributed by atoms with Crippen molar-refractivity contribution in [2.45, 2.75) is 29.9 Å². The summed E-state index contributed by atoms with van der Waals surface area (Å²) in [5.74, 6) is 7.01. The van der Waals surface area contributed by atoms with Crippen LogP contribution in [0.5, 0.6) is 0 Å². The number of fused-ring (bicyclic) bond motifs is 1. The Morgan fingerprint density at radius 2 is 2.05 bits per heavy atom. The molecule has 0 bridgehead atoms. The van der Waals surface area contributed by atoms with Crippen molar-refractivity contribution in [1.29, 1.82) is 0 Å². The van der Waals surface area contributed by atoms with E-state index in [0.717, 1.165) is 10.6 Å². The van der Waals surface area contributed by atoms with E-state index in [4.69, 9.17) is 5.73 Å². The third-order valence-electron chi connectivity index (χ3n) is 3.43. The van der Waals surface area contributed by atoms with Gasteiger partial charge in [0.25, 0.3) is 0 Å². The van der Waals surface area contributed by atoms with Gasteiger partial charge < -0.3 is 5.73 Å². The highest BCUT2D eigenvalue weighted by Gasteiger charge is 2.11. The number of hydrogen-bond acceptors (Lipinski definition) is 3. The first-order valence-electron chi connectivity index (χ1n) is 6.87. The van der Waals surface area contributed by atoms with Crippen molar-refractivity contribution in [3.63, 3.8) is 0 Å². The number of hydrogen-bond donors (Lipinski definition) is 1. The van der Waals surface area contributed by atoms with Gasteiger partial charge in [0, 0.05) is 15.5 Å². The molecule has 0 spiro atoms. The summed E-state index contributed by atoms with van der Waals surface area (Å²) in [4.78, 5) is 3.87. The Bertz CT molecular complexity index is 661. The second-order valence-corrected chi connectivity index (χ2v) is 7.06. The van der Waals surface area contributed by atoms with Crippen molar-refractivity contribution in [2.24, 2.45) is 5.73 Å². The molecule has 0 aliphatic heterocycles. The molecule has 20 heavy (non-hydrogen) atoms.